The standard InChI is InChI=1S/C16H21N3OS/c1-11(15-18-13-7-3-4-8-14(13)21-15)19(2)16(20)12-6-5-9-17-10-12/h3-4,7-8,11-12,17H,5-6,9-10H2,1-2H3. The number of aromatic nitrogens is 1. The molecular weight excluding hydrogens is 282 g/mol. The molecule has 1 aromatic carbocycles. The van der Waals surface area contributed by atoms with E-state index >= 15 is 0 Å². The maximum Gasteiger partial charge on any atom is 0.227 e. The molecule has 1 amide bonds. The first kappa shape index (κ1) is 14.5. The van der Waals surface area contributed by atoms with Gasteiger partial charge in [0.15, 0.2) is 0 Å². The van der Waals surface area contributed by atoms with Crippen LogP contribution < -0.4 is 5.32 Å². The van der Waals surface area contributed by atoms with Gasteiger partial charge >= 0.3 is 0 Å². The van der Waals surface area contributed by atoms with E-state index in [-0.39, 0.29) is 17.9 Å². The van der Waals surface area contributed by atoms with Gasteiger partial charge < -0.3 is 10.2 Å². The number of thiazole rings is 1. The largest absolute Gasteiger partial charge is 0.336 e. The Bertz CT molecular complexity index is 600. The van der Waals surface area contributed by atoms with E-state index in [9.17, 15) is 4.79 Å². The molecule has 1 saturated heterocycles. The zero-order valence-electron chi connectivity index (χ0n) is 12.5. The van der Waals surface area contributed by atoms with E-state index in [0.717, 1.165) is 36.5 Å². The number of para-hydroxylation sites is 1. The molecule has 2 atom stereocenters. The molecule has 3 rings (SSSR count). The number of carbonyl (C=O) groups is 1. The molecule has 4 nitrogen and oxygen atoms in total. The second-order valence-electron chi connectivity index (χ2n) is 5.69. The molecule has 1 fully saturated rings. The summed E-state index contributed by atoms with van der Waals surface area (Å²) in [6, 6.07) is 8.15. The molecule has 0 saturated carbocycles. The van der Waals surface area contributed by atoms with Gasteiger partial charge in [0.05, 0.1) is 22.2 Å². The fourth-order valence-corrected chi connectivity index (χ4v) is 3.84. The monoisotopic (exact) mass is 303 g/mol. The summed E-state index contributed by atoms with van der Waals surface area (Å²) in [6.07, 6.45) is 2.07. The van der Waals surface area contributed by atoms with Crippen LogP contribution >= 0.6 is 11.3 Å². The molecule has 1 N–H and O–H groups in total. The first-order valence-electron chi connectivity index (χ1n) is 7.49. The Labute approximate surface area is 129 Å². The normalized spacial score (nSPS) is 20.4. The second kappa shape index (κ2) is 6.12. The molecule has 1 aromatic heterocycles. The average molecular weight is 303 g/mol. The van der Waals surface area contributed by atoms with E-state index in [0.29, 0.717) is 0 Å². The molecule has 0 aliphatic carbocycles. The number of rotatable bonds is 3. The Balaban J connectivity index is 1.76. The topological polar surface area (TPSA) is 45.2 Å². The van der Waals surface area contributed by atoms with Crippen molar-refractivity contribution in [2.24, 2.45) is 5.92 Å². The number of hydrogen-bond acceptors (Lipinski definition) is 4. The lowest BCUT2D eigenvalue weighted by atomic mass is 9.98. The maximum absolute atomic E-state index is 12.6. The molecule has 0 spiro atoms. The van der Waals surface area contributed by atoms with Crippen LogP contribution in [0.1, 0.15) is 30.8 Å². The first-order valence-corrected chi connectivity index (χ1v) is 8.31. The summed E-state index contributed by atoms with van der Waals surface area (Å²) in [5, 5.41) is 4.32. The van der Waals surface area contributed by atoms with Crippen molar-refractivity contribution in [3.05, 3.63) is 29.3 Å². The van der Waals surface area contributed by atoms with Gasteiger partial charge in [-0.15, -0.1) is 11.3 Å². The zero-order valence-corrected chi connectivity index (χ0v) is 13.3. The summed E-state index contributed by atoms with van der Waals surface area (Å²) in [7, 11) is 1.90. The number of hydrogen-bond donors (Lipinski definition) is 1. The fraction of sp³-hybridized carbons (Fsp3) is 0.500. The van der Waals surface area contributed by atoms with Crippen LogP contribution in [-0.2, 0) is 4.79 Å². The summed E-state index contributed by atoms with van der Waals surface area (Å²) in [6.45, 7) is 3.89. The smallest absolute Gasteiger partial charge is 0.227 e. The highest BCUT2D eigenvalue weighted by molar-refractivity contribution is 7.18. The molecule has 1 aliphatic rings. The number of nitrogens with one attached hydrogen (secondary N) is 1. The molecule has 21 heavy (non-hydrogen) atoms. The molecule has 0 bridgehead atoms. The van der Waals surface area contributed by atoms with Gasteiger partial charge in [-0.2, -0.15) is 0 Å². The summed E-state index contributed by atoms with van der Waals surface area (Å²) in [4.78, 5) is 19.1. The Morgan fingerprint density at radius 1 is 1.48 bits per heavy atom. The van der Waals surface area contributed by atoms with Crippen LogP contribution in [0.2, 0.25) is 0 Å². The lowest BCUT2D eigenvalue weighted by Gasteiger charge is -2.30. The number of nitrogens with zero attached hydrogens (tertiary/aromatic N) is 2. The van der Waals surface area contributed by atoms with Crippen LogP contribution in [0, 0.1) is 5.92 Å². The van der Waals surface area contributed by atoms with Gasteiger partial charge in [0.1, 0.15) is 5.01 Å². The van der Waals surface area contributed by atoms with Crippen molar-refractivity contribution in [1.82, 2.24) is 15.2 Å². The number of fused-ring (bicyclic) bond motifs is 1. The molecule has 2 aromatic rings. The van der Waals surface area contributed by atoms with Crippen molar-refractivity contribution in [2.45, 2.75) is 25.8 Å². The predicted molar refractivity (Wildman–Crippen MR) is 86.4 cm³/mol. The first-order chi connectivity index (χ1) is 10.2. The zero-order chi connectivity index (χ0) is 14.8. The molecule has 2 heterocycles. The van der Waals surface area contributed by atoms with Crippen molar-refractivity contribution in [3.63, 3.8) is 0 Å². The summed E-state index contributed by atoms with van der Waals surface area (Å²) < 4.78 is 1.18. The molecule has 112 valence electrons. The van der Waals surface area contributed by atoms with Crippen molar-refractivity contribution < 1.29 is 4.79 Å². The number of carbonyl (C=O) groups excluding carboxylic acids is 1. The highest BCUT2D eigenvalue weighted by atomic mass is 32.1. The summed E-state index contributed by atoms with van der Waals surface area (Å²) >= 11 is 1.68. The summed E-state index contributed by atoms with van der Waals surface area (Å²) in [5.74, 6) is 0.342. The third kappa shape index (κ3) is 2.94. The molecular formula is C16H21N3OS. The van der Waals surface area contributed by atoms with E-state index in [1.165, 1.54) is 4.70 Å². The molecule has 2 unspecified atom stereocenters. The third-order valence-corrected chi connectivity index (χ3v) is 5.45. The van der Waals surface area contributed by atoms with Gasteiger partial charge in [-0.1, -0.05) is 12.1 Å². The highest BCUT2D eigenvalue weighted by Crippen LogP contribution is 2.29. The fourth-order valence-electron chi connectivity index (χ4n) is 2.78. The van der Waals surface area contributed by atoms with Crippen LogP contribution in [0.15, 0.2) is 24.3 Å². The lowest BCUT2D eigenvalue weighted by Crippen LogP contribution is -2.42. The predicted octanol–water partition coefficient (Wildman–Crippen LogP) is 2.82. The Morgan fingerprint density at radius 3 is 3.00 bits per heavy atom. The highest BCUT2D eigenvalue weighted by Gasteiger charge is 2.28. The SMILES string of the molecule is CC(c1nc2ccccc2s1)N(C)C(=O)C1CCCNC1. The molecule has 5 heteroatoms. The van der Waals surface area contributed by atoms with Crippen molar-refractivity contribution in [3.8, 4) is 0 Å². The van der Waals surface area contributed by atoms with Gasteiger partial charge in [0.2, 0.25) is 5.91 Å². The Morgan fingerprint density at radius 2 is 2.29 bits per heavy atom. The van der Waals surface area contributed by atoms with Gasteiger partial charge in [-0.25, -0.2) is 4.98 Å². The van der Waals surface area contributed by atoms with Gasteiger partial charge in [0.25, 0.3) is 0 Å². The lowest BCUT2D eigenvalue weighted by molar-refractivity contribution is -0.136. The minimum absolute atomic E-state index is 0.0248. The Kier molecular flexibility index (Phi) is 4.22. The molecule has 0 radical (unpaired) electrons. The average Bonchev–Trinajstić information content (AvgIpc) is 2.97. The van der Waals surface area contributed by atoms with E-state index in [1.807, 2.05) is 30.1 Å². The minimum atomic E-state index is 0.0248. The van der Waals surface area contributed by atoms with Crippen LogP contribution in [0.25, 0.3) is 10.2 Å². The third-order valence-electron chi connectivity index (χ3n) is 4.24. The number of benzene rings is 1. The van der Waals surface area contributed by atoms with E-state index in [4.69, 9.17) is 0 Å². The van der Waals surface area contributed by atoms with E-state index < -0.39 is 0 Å². The van der Waals surface area contributed by atoms with Crippen LogP contribution in [0.5, 0.6) is 0 Å². The number of piperidine rings is 1. The number of amides is 1. The van der Waals surface area contributed by atoms with Crippen LogP contribution in [0.3, 0.4) is 0 Å². The van der Waals surface area contributed by atoms with Crippen molar-refractivity contribution in [2.75, 3.05) is 20.1 Å². The second-order valence-corrected chi connectivity index (χ2v) is 6.75. The van der Waals surface area contributed by atoms with E-state index in [2.05, 4.69) is 23.3 Å². The minimum Gasteiger partial charge on any atom is -0.336 e. The quantitative estimate of drug-likeness (QED) is 0.948. The van der Waals surface area contributed by atoms with Gasteiger partial charge in [-0.3, -0.25) is 4.79 Å². The van der Waals surface area contributed by atoms with Gasteiger partial charge in [-0.05, 0) is 38.4 Å². The molecule has 1 aliphatic heterocycles. The van der Waals surface area contributed by atoms with Crippen LogP contribution in [0.4, 0.5) is 0 Å². The van der Waals surface area contributed by atoms with E-state index in [1.54, 1.807) is 11.3 Å². The van der Waals surface area contributed by atoms with Gasteiger partial charge in [0, 0.05) is 13.6 Å². The van der Waals surface area contributed by atoms with Crippen LogP contribution in [-0.4, -0.2) is 35.9 Å². The van der Waals surface area contributed by atoms with Crippen molar-refractivity contribution >= 4 is 27.5 Å². The Hall–Kier alpha value is -1.46. The maximum atomic E-state index is 12.6. The van der Waals surface area contributed by atoms with Crippen molar-refractivity contribution in [1.29, 1.82) is 0 Å². The summed E-state index contributed by atoms with van der Waals surface area (Å²) in [5.41, 5.74) is 1.02.